The molecule has 1 aromatic carbocycles. The van der Waals surface area contributed by atoms with E-state index in [2.05, 4.69) is 28.2 Å². The van der Waals surface area contributed by atoms with Gasteiger partial charge in [-0.05, 0) is 55.3 Å². The van der Waals surface area contributed by atoms with E-state index < -0.39 is 0 Å². The molecule has 32 heavy (non-hydrogen) atoms. The maximum absolute atomic E-state index is 13.1. The summed E-state index contributed by atoms with van der Waals surface area (Å²) in [6.07, 6.45) is 3.51. The van der Waals surface area contributed by atoms with Gasteiger partial charge in [-0.15, -0.1) is 0 Å². The highest BCUT2D eigenvalue weighted by Gasteiger charge is 2.34. The monoisotopic (exact) mass is 438 g/mol. The SMILES string of the molecule is O=C1COC(COc2ccc(F)cc2)CN1C1CCN(Cc2cccc3ccnn23)CC1. The first-order chi connectivity index (χ1) is 15.7. The van der Waals surface area contributed by atoms with Crippen LogP contribution >= 0.6 is 0 Å². The molecular formula is C24H27FN4O3. The van der Waals surface area contributed by atoms with Gasteiger partial charge in [0.05, 0.1) is 17.8 Å². The van der Waals surface area contributed by atoms with Crippen LogP contribution in [0.1, 0.15) is 18.5 Å². The number of nitrogens with zero attached hydrogens (tertiary/aromatic N) is 4. The molecule has 1 unspecified atom stereocenters. The van der Waals surface area contributed by atoms with E-state index in [1.165, 1.54) is 17.8 Å². The molecule has 0 bridgehead atoms. The van der Waals surface area contributed by atoms with E-state index >= 15 is 0 Å². The second kappa shape index (κ2) is 9.26. The summed E-state index contributed by atoms with van der Waals surface area (Å²) in [5.74, 6) is 0.345. The maximum atomic E-state index is 13.1. The minimum absolute atomic E-state index is 0.0443. The molecule has 2 aromatic heterocycles. The van der Waals surface area contributed by atoms with Gasteiger partial charge in [-0.2, -0.15) is 5.10 Å². The summed E-state index contributed by atoms with van der Waals surface area (Å²) >= 11 is 0. The fourth-order valence-electron chi connectivity index (χ4n) is 4.57. The van der Waals surface area contributed by atoms with E-state index in [0.29, 0.717) is 18.9 Å². The van der Waals surface area contributed by atoms with Crippen LogP contribution in [0, 0.1) is 5.82 Å². The molecule has 0 aliphatic carbocycles. The standard InChI is InChI=1S/C24H27FN4O3/c25-18-4-6-22(7-5-18)31-16-23-15-28(24(30)17-32-23)19-9-12-27(13-10-19)14-21-3-1-2-20-8-11-26-29(20)21/h1-8,11,19,23H,9-10,12-17H2. The molecule has 0 N–H and O–H groups in total. The van der Waals surface area contributed by atoms with Crippen LogP contribution in [-0.4, -0.2) is 70.3 Å². The van der Waals surface area contributed by atoms with Crippen LogP contribution in [-0.2, 0) is 16.1 Å². The zero-order chi connectivity index (χ0) is 21.9. The van der Waals surface area contributed by atoms with Crippen molar-refractivity contribution in [3.05, 3.63) is 66.2 Å². The second-order valence-electron chi connectivity index (χ2n) is 8.44. The topological polar surface area (TPSA) is 59.3 Å². The first-order valence-corrected chi connectivity index (χ1v) is 11.1. The number of likely N-dealkylation sites (tertiary alicyclic amines) is 1. The summed E-state index contributed by atoms with van der Waals surface area (Å²) in [6.45, 7) is 3.66. The number of hydrogen-bond acceptors (Lipinski definition) is 5. The predicted molar refractivity (Wildman–Crippen MR) is 117 cm³/mol. The van der Waals surface area contributed by atoms with Crippen LogP contribution in [0.5, 0.6) is 5.75 Å². The molecule has 3 aromatic rings. The van der Waals surface area contributed by atoms with Gasteiger partial charge in [0.15, 0.2) is 0 Å². The lowest BCUT2D eigenvalue weighted by Gasteiger charge is -2.42. The molecule has 2 aliphatic heterocycles. The van der Waals surface area contributed by atoms with Crippen LogP contribution < -0.4 is 4.74 Å². The molecule has 5 rings (SSSR count). The van der Waals surface area contributed by atoms with E-state index in [1.807, 2.05) is 21.7 Å². The molecule has 2 saturated heterocycles. The third kappa shape index (κ3) is 4.61. The number of pyridine rings is 1. The van der Waals surface area contributed by atoms with Gasteiger partial charge in [-0.3, -0.25) is 9.69 Å². The third-order valence-corrected chi connectivity index (χ3v) is 6.30. The second-order valence-corrected chi connectivity index (χ2v) is 8.44. The number of piperidine rings is 1. The number of carbonyl (C=O) groups is 1. The Balaban J connectivity index is 1.14. The number of benzene rings is 1. The first-order valence-electron chi connectivity index (χ1n) is 11.1. The molecule has 0 radical (unpaired) electrons. The molecule has 4 heterocycles. The number of fused-ring (bicyclic) bond motifs is 1. The molecule has 8 heteroatoms. The summed E-state index contributed by atoms with van der Waals surface area (Å²) in [7, 11) is 0. The first kappa shape index (κ1) is 20.9. The van der Waals surface area contributed by atoms with Crippen molar-refractivity contribution >= 4 is 11.4 Å². The van der Waals surface area contributed by atoms with Gasteiger partial charge in [0.25, 0.3) is 0 Å². The van der Waals surface area contributed by atoms with Crippen molar-refractivity contribution in [3.63, 3.8) is 0 Å². The van der Waals surface area contributed by atoms with Gasteiger partial charge < -0.3 is 14.4 Å². The summed E-state index contributed by atoms with van der Waals surface area (Å²) in [5.41, 5.74) is 2.27. The normalized spacial score (nSPS) is 20.7. The Morgan fingerprint density at radius 3 is 2.72 bits per heavy atom. The Bertz CT molecular complexity index is 1060. The van der Waals surface area contributed by atoms with E-state index in [0.717, 1.165) is 38.0 Å². The van der Waals surface area contributed by atoms with Crippen molar-refractivity contribution in [2.75, 3.05) is 32.8 Å². The highest BCUT2D eigenvalue weighted by molar-refractivity contribution is 5.78. The number of aromatic nitrogens is 2. The average Bonchev–Trinajstić information content (AvgIpc) is 3.30. The number of ether oxygens (including phenoxy) is 2. The van der Waals surface area contributed by atoms with Gasteiger partial charge in [-0.25, -0.2) is 8.91 Å². The average molecular weight is 439 g/mol. The summed E-state index contributed by atoms with van der Waals surface area (Å²) in [4.78, 5) is 16.9. The van der Waals surface area contributed by atoms with Crippen LogP contribution in [0.2, 0.25) is 0 Å². The van der Waals surface area contributed by atoms with E-state index in [-0.39, 0.29) is 30.5 Å². The number of morpholine rings is 1. The number of halogens is 1. The largest absolute Gasteiger partial charge is 0.491 e. The number of hydrogen-bond donors (Lipinski definition) is 0. The lowest BCUT2D eigenvalue weighted by molar-refractivity contribution is -0.155. The number of amides is 1. The highest BCUT2D eigenvalue weighted by Crippen LogP contribution is 2.22. The fraction of sp³-hybridized carbons (Fsp3) is 0.417. The lowest BCUT2D eigenvalue weighted by atomic mass is 10.0. The summed E-state index contributed by atoms with van der Waals surface area (Å²) in [5, 5.41) is 4.43. The van der Waals surface area contributed by atoms with Crippen molar-refractivity contribution in [1.82, 2.24) is 19.4 Å². The van der Waals surface area contributed by atoms with Gasteiger partial charge in [-0.1, -0.05) is 6.07 Å². The van der Waals surface area contributed by atoms with Gasteiger partial charge in [0.2, 0.25) is 5.91 Å². The number of carbonyl (C=O) groups excluding carboxylic acids is 1. The molecule has 0 spiro atoms. The van der Waals surface area contributed by atoms with Crippen molar-refractivity contribution in [2.45, 2.75) is 31.5 Å². The predicted octanol–water partition coefficient (Wildman–Crippen LogP) is 2.74. The van der Waals surface area contributed by atoms with Crippen LogP contribution in [0.15, 0.2) is 54.7 Å². The molecule has 2 fully saturated rings. The van der Waals surface area contributed by atoms with Crippen LogP contribution in [0.4, 0.5) is 4.39 Å². The minimum Gasteiger partial charge on any atom is -0.491 e. The Kier molecular flexibility index (Phi) is 6.05. The maximum Gasteiger partial charge on any atom is 0.248 e. The van der Waals surface area contributed by atoms with Crippen molar-refractivity contribution in [2.24, 2.45) is 0 Å². The quantitative estimate of drug-likeness (QED) is 0.592. The highest BCUT2D eigenvalue weighted by atomic mass is 19.1. The fourth-order valence-corrected chi connectivity index (χ4v) is 4.57. The third-order valence-electron chi connectivity index (χ3n) is 6.30. The molecule has 2 aliphatic rings. The molecular weight excluding hydrogens is 411 g/mol. The molecule has 1 amide bonds. The van der Waals surface area contributed by atoms with Gasteiger partial charge >= 0.3 is 0 Å². The van der Waals surface area contributed by atoms with E-state index in [9.17, 15) is 9.18 Å². The summed E-state index contributed by atoms with van der Waals surface area (Å²) < 4.78 is 26.5. The Hall–Kier alpha value is -2.97. The Morgan fingerprint density at radius 1 is 1.09 bits per heavy atom. The molecule has 7 nitrogen and oxygen atoms in total. The zero-order valence-corrected chi connectivity index (χ0v) is 17.9. The van der Waals surface area contributed by atoms with E-state index in [4.69, 9.17) is 9.47 Å². The van der Waals surface area contributed by atoms with Gasteiger partial charge in [0, 0.05) is 31.9 Å². The van der Waals surface area contributed by atoms with Crippen molar-refractivity contribution in [3.8, 4) is 5.75 Å². The molecule has 1 atom stereocenters. The summed E-state index contributed by atoms with van der Waals surface area (Å²) in [6, 6.07) is 14.4. The zero-order valence-electron chi connectivity index (χ0n) is 17.9. The molecule has 0 saturated carbocycles. The Morgan fingerprint density at radius 2 is 1.91 bits per heavy atom. The van der Waals surface area contributed by atoms with E-state index in [1.54, 1.807) is 12.1 Å². The number of rotatable bonds is 6. The Labute approximate surface area is 186 Å². The molecule has 168 valence electrons. The van der Waals surface area contributed by atoms with Gasteiger partial charge in [0.1, 0.15) is 30.9 Å². The van der Waals surface area contributed by atoms with Crippen molar-refractivity contribution < 1.29 is 18.7 Å². The van der Waals surface area contributed by atoms with Crippen LogP contribution in [0.25, 0.3) is 5.52 Å². The smallest absolute Gasteiger partial charge is 0.248 e. The minimum atomic E-state index is -0.296. The lowest BCUT2D eigenvalue weighted by Crippen LogP contribution is -2.55. The van der Waals surface area contributed by atoms with Crippen molar-refractivity contribution in [1.29, 1.82) is 0 Å². The van der Waals surface area contributed by atoms with Crippen LogP contribution in [0.3, 0.4) is 0 Å².